The van der Waals surface area contributed by atoms with E-state index in [4.69, 9.17) is 9.47 Å². The van der Waals surface area contributed by atoms with Gasteiger partial charge >= 0.3 is 11.9 Å². The van der Waals surface area contributed by atoms with Gasteiger partial charge in [-0.1, -0.05) is 114 Å². The number of carbonyl (C=O) groups excluding carboxylic acids is 2. The minimum absolute atomic E-state index is 0.132. The van der Waals surface area contributed by atoms with Crippen LogP contribution in [0.4, 0.5) is 20.2 Å². The number of aliphatic carboxylic acids is 2. The number of para-hydroxylation sites is 2. The average molecular weight is 1260 g/mol. The summed E-state index contributed by atoms with van der Waals surface area (Å²) in [6.45, 7) is 9.26. The lowest BCUT2D eigenvalue weighted by Crippen LogP contribution is -2.22. The molecular weight excluding hydrogens is 1170 g/mol. The average Bonchev–Trinajstić information content (AvgIpc) is 1.60. The van der Waals surface area contributed by atoms with Gasteiger partial charge in [0.15, 0.2) is 0 Å². The highest BCUT2D eigenvalue weighted by Crippen LogP contribution is 2.45. The molecule has 0 spiro atoms. The first-order chi connectivity index (χ1) is 44.3. The number of rotatable bonds is 35. The fourth-order valence-electron chi connectivity index (χ4n) is 11.9. The zero-order valence-corrected chi connectivity index (χ0v) is 52.6. The van der Waals surface area contributed by atoms with Crippen LogP contribution in [-0.2, 0) is 22.7 Å². The molecule has 0 aliphatic rings. The monoisotopic (exact) mass is 1260 g/mol. The van der Waals surface area contributed by atoms with Gasteiger partial charge in [0.2, 0.25) is 0 Å². The number of benzene rings is 6. The van der Waals surface area contributed by atoms with Crippen LogP contribution >= 0.6 is 0 Å². The molecule has 0 bridgehead atoms. The van der Waals surface area contributed by atoms with Gasteiger partial charge in [-0.2, -0.15) is 0 Å². The standard InChI is InChI=1S/C74H84F2N4O12/c1-47(2)69-67(73(89)77-55-17-11-9-12-18-55)65(71(51-21-29-53(75)30-22-51)79(69)39-37-57(81)43-59(83)45-63(85)86)49-25-33-61(34-26-49)91-41-15-7-5-6-8-16-42-92-62-35-27-50(28-36-62)66-68(74(90)78-56-19-13-10-14-20-56)70(48(3)4)80(72(66)52-23-31-54(76)32-24-52)40-38-58(82)44-60(84)46-64(87)88/h9-14,17-36,47-48,57-60,81-84H,5-8,15-16,37-46H2,1-4H3,(H,77,89)(H,78,90)(H,85,86)(H,87,88)/t57-,58-,59-,60-/m1/s1. The van der Waals surface area contributed by atoms with Crippen LogP contribution in [0.15, 0.2) is 158 Å². The third-order valence-electron chi connectivity index (χ3n) is 16.1. The number of carbonyl (C=O) groups is 4. The molecule has 16 nitrogen and oxygen atoms in total. The largest absolute Gasteiger partial charge is 0.494 e. The molecule has 92 heavy (non-hydrogen) atoms. The highest BCUT2D eigenvalue weighted by molar-refractivity contribution is 6.13. The van der Waals surface area contributed by atoms with Crippen molar-refractivity contribution in [2.24, 2.45) is 0 Å². The molecule has 0 aliphatic heterocycles. The number of hydrogen-bond donors (Lipinski definition) is 8. The Labute approximate surface area is 536 Å². The van der Waals surface area contributed by atoms with Crippen LogP contribution in [0.2, 0.25) is 0 Å². The van der Waals surface area contributed by atoms with Crippen LogP contribution in [0.1, 0.15) is 149 Å². The summed E-state index contributed by atoms with van der Waals surface area (Å²) >= 11 is 0. The van der Waals surface area contributed by atoms with Crippen molar-refractivity contribution < 1.29 is 68.1 Å². The van der Waals surface area contributed by atoms with Crippen molar-refractivity contribution in [3.63, 3.8) is 0 Å². The van der Waals surface area contributed by atoms with E-state index in [0.29, 0.717) is 103 Å². The Bertz CT molecular complexity index is 3440. The van der Waals surface area contributed by atoms with Gasteiger partial charge in [-0.25, -0.2) is 8.78 Å². The Kier molecular flexibility index (Phi) is 25.0. The third kappa shape index (κ3) is 18.8. The lowest BCUT2D eigenvalue weighted by Gasteiger charge is -2.20. The quantitative estimate of drug-likeness (QED) is 0.0173. The van der Waals surface area contributed by atoms with E-state index in [1.807, 2.05) is 122 Å². The number of ether oxygens (including phenoxy) is 2. The van der Waals surface area contributed by atoms with E-state index in [1.165, 1.54) is 24.3 Å². The van der Waals surface area contributed by atoms with Crippen LogP contribution in [0.25, 0.3) is 44.8 Å². The summed E-state index contributed by atoms with van der Waals surface area (Å²) in [5.41, 5.74) is 8.53. The molecular formula is C74H84F2N4O12. The van der Waals surface area contributed by atoms with Gasteiger partial charge in [0.05, 0.1) is 73.0 Å². The number of amides is 2. The molecule has 8 rings (SSSR count). The highest BCUT2D eigenvalue weighted by atomic mass is 19.1. The van der Waals surface area contributed by atoms with Crippen molar-refractivity contribution in [1.29, 1.82) is 0 Å². The van der Waals surface area contributed by atoms with E-state index in [0.717, 1.165) is 38.5 Å². The summed E-state index contributed by atoms with van der Waals surface area (Å²) in [6, 6.07) is 45.3. The van der Waals surface area contributed by atoms with Crippen LogP contribution in [0, 0.1) is 11.6 Å². The molecule has 2 heterocycles. The van der Waals surface area contributed by atoms with Crippen LogP contribution in [0.5, 0.6) is 11.5 Å². The van der Waals surface area contributed by atoms with Crippen molar-refractivity contribution in [2.75, 3.05) is 23.8 Å². The highest BCUT2D eigenvalue weighted by Gasteiger charge is 2.33. The van der Waals surface area contributed by atoms with Gasteiger partial charge in [-0.05, 0) is 170 Å². The van der Waals surface area contributed by atoms with E-state index >= 15 is 0 Å². The molecule has 0 fully saturated rings. The van der Waals surface area contributed by atoms with E-state index in [9.17, 15) is 58.6 Å². The molecule has 18 heteroatoms. The van der Waals surface area contributed by atoms with Gasteiger partial charge in [0.1, 0.15) is 23.1 Å². The minimum atomic E-state index is -1.25. The Balaban J connectivity index is 0.907. The number of carboxylic acid groups (broad SMARTS) is 2. The number of aliphatic hydroxyl groups excluding tert-OH is 4. The topological polar surface area (TPSA) is 242 Å². The molecule has 0 saturated carbocycles. The maximum absolute atomic E-state index is 14.7. The lowest BCUT2D eigenvalue weighted by molar-refractivity contribution is -0.140. The Morgan fingerprint density at radius 3 is 1.09 bits per heavy atom. The number of aliphatic hydroxyl groups is 4. The molecule has 8 aromatic rings. The van der Waals surface area contributed by atoms with E-state index in [-0.39, 0.29) is 62.4 Å². The minimum Gasteiger partial charge on any atom is -0.494 e. The summed E-state index contributed by atoms with van der Waals surface area (Å²) in [5, 5.41) is 67.4. The zero-order valence-electron chi connectivity index (χ0n) is 52.6. The number of halogens is 2. The molecule has 8 N–H and O–H groups in total. The summed E-state index contributed by atoms with van der Waals surface area (Å²) in [7, 11) is 0. The summed E-state index contributed by atoms with van der Waals surface area (Å²) < 4.78 is 45.5. The van der Waals surface area contributed by atoms with Crippen LogP contribution < -0.4 is 20.1 Å². The Morgan fingerprint density at radius 2 is 0.761 bits per heavy atom. The van der Waals surface area contributed by atoms with E-state index in [2.05, 4.69) is 10.6 Å². The van der Waals surface area contributed by atoms with Gasteiger partial charge < -0.3 is 59.9 Å². The number of hydrogen-bond acceptors (Lipinski definition) is 10. The molecule has 6 aromatic carbocycles. The van der Waals surface area contributed by atoms with Crippen molar-refractivity contribution >= 4 is 35.1 Å². The van der Waals surface area contributed by atoms with Crippen LogP contribution in [0.3, 0.4) is 0 Å². The molecule has 0 unspecified atom stereocenters. The Morgan fingerprint density at radius 1 is 0.435 bits per heavy atom. The SMILES string of the molecule is CC(C)c1c(C(=O)Nc2ccccc2)c(-c2ccc(OCCCCCCCCOc3ccc(-c4c(C(=O)Nc5ccccc5)c(C(C)C)n(CC[C@@H](O)C[C@@H](O)CC(=O)O)c4-c4ccc(F)cc4)cc3)cc2)c(-c2ccc(F)cc2)n1CC[C@@H](O)C[C@@H](O)CC(=O)O. The van der Waals surface area contributed by atoms with Gasteiger partial charge in [-0.15, -0.1) is 0 Å². The summed E-state index contributed by atoms with van der Waals surface area (Å²) in [5.74, 6) is -3.06. The van der Waals surface area contributed by atoms with Crippen molar-refractivity contribution in [3.05, 3.63) is 192 Å². The molecule has 0 aliphatic carbocycles. The number of carboxylic acids is 2. The van der Waals surface area contributed by atoms with Crippen LogP contribution in [-0.4, -0.2) is 101 Å². The predicted octanol–water partition coefficient (Wildman–Crippen LogP) is 14.7. The molecule has 2 aromatic heterocycles. The van der Waals surface area contributed by atoms with Crippen molar-refractivity contribution in [3.8, 4) is 56.3 Å². The van der Waals surface area contributed by atoms with Gasteiger partial charge in [-0.3, -0.25) is 19.2 Å². The van der Waals surface area contributed by atoms with Crippen molar-refractivity contribution in [1.82, 2.24) is 9.13 Å². The first-order valence-corrected chi connectivity index (χ1v) is 31.7. The fourth-order valence-corrected chi connectivity index (χ4v) is 11.9. The summed E-state index contributed by atoms with van der Waals surface area (Å²) in [4.78, 5) is 51.9. The summed E-state index contributed by atoms with van der Waals surface area (Å²) in [6.07, 6.45) is -0.136. The second-order valence-electron chi connectivity index (χ2n) is 24.0. The first kappa shape index (κ1) is 69.0. The van der Waals surface area contributed by atoms with E-state index in [1.54, 1.807) is 48.5 Å². The number of anilines is 2. The van der Waals surface area contributed by atoms with Crippen molar-refractivity contribution in [2.45, 2.75) is 154 Å². The lowest BCUT2D eigenvalue weighted by atomic mass is 9.94. The molecule has 0 radical (unpaired) electrons. The smallest absolute Gasteiger partial charge is 0.305 e. The molecule has 2 amide bonds. The zero-order chi connectivity index (χ0) is 65.8. The molecule has 486 valence electrons. The Hall–Kier alpha value is -8.94. The third-order valence-corrected chi connectivity index (χ3v) is 16.1. The molecule has 0 saturated heterocycles. The number of aromatic nitrogens is 2. The second kappa shape index (κ2) is 33.4. The predicted molar refractivity (Wildman–Crippen MR) is 353 cm³/mol. The normalized spacial score (nSPS) is 12.8. The number of nitrogens with zero attached hydrogens (tertiary/aromatic N) is 2. The maximum Gasteiger partial charge on any atom is 0.305 e. The number of nitrogens with one attached hydrogen (secondary N) is 2. The maximum atomic E-state index is 14.7. The molecule has 4 atom stereocenters. The first-order valence-electron chi connectivity index (χ1n) is 31.7. The van der Waals surface area contributed by atoms with Gasteiger partial charge in [0.25, 0.3) is 11.8 Å². The van der Waals surface area contributed by atoms with Gasteiger partial charge in [0, 0.05) is 47.0 Å². The number of unbranched alkanes of at least 4 members (excludes halogenated alkanes) is 5. The fraction of sp³-hybridized carbons (Fsp3) is 0.351. The van der Waals surface area contributed by atoms with E-state index < -0.39 is 60.8 Å². The second-order valence-corrected chi connectivity index (χ2v) is 24.0.